The second-order valence-corrected chi connectivity index (χ2v) is 4.30. The lowest BCUT2D eigenvalue weighted by atomic mass is 10.3. The van der Waals surface area contributed by atoms with Gasteiger partial charge in [0.25, 0.3) is 0 Å². The zero-order valence-corrected chi connectivity index (χ0v) is 10.8. The Kier molecular flexibility index (Phi) is 5.48. The number of rotatable bonds is 2. The molecule has 6 heteroatoms. The van der Waals surface area contributed by atoms with Crippen LogP contribution in [0.4, 0.5) is 5.69 Å². The Balaban J connectivity index is 0.000000202. The fourth-order valence-electron chi connectivity index (χ4n) is 1.20. The highest BCUT2D eigenvalue weighted by Crippen LogP contribution is 2.28. The van der Waals surface area contributed by atoms with Crippen molar-refractivity contribution in [2.75, 3.05) is 32.3 Å². The highest BCUT2D eigenvalue weighted by molar-refractivity contribution is 8.14. The van der Waals surface area contributed by atoms with Crippen molar-refractivity contribution in [3.63, 3.8) is 0 Å². The molecular formula is C11H17N3O2S. The van der Waals surface area contributed by atoms with Gasteiger partial charge in [-0.1, -0.05) is 11.8 Å². The molecular weight excluding hydrogens is 238 g/mol. The number of methoxy groups -OCH3 is 2. The summed E-state index contributed by atoms with van der Waals surface area (Å²) in [7, 11) is 3.17. The molecule has 0 saturated carbocycles. The summed E-state index contributed by atoms with van der Waals surface area (Å²) in [6, 6.07) is 5.26. The van der Waals surface area contributed by atoms with Crippen molar-refractivity contribution in [2.45, 2.75) is 0 Å². The third kappa shape index (κ3) is 4.44. The lowest BCUT2D eigenvalue weighted by Crippen LogP contribution is -2.00. The standard InChI is InChI=1S/C8H11NO2.C3H6N2S/c1-10-7-4-3-6(9)5-8(7)11-2;4-3-5-1-2-6-3/h3-5H,9H2,1-2H3;1-2H2,(H2,4,5). The Morgan fingerprint density at radius 3 is 2.29 bits per heavy atom. The molecule has 2 rings (SSSR count). The summed E-state index contributed by atoms with van der Waals surface area (Å²) < 4.78 is 10.0. The average molecular weight is 255 g/mol. The maximum atomic E-state index is 5.52. The van der Waals surface area contributed by atoms with Crippen LogP contribution >= 0.6 is 11.8 Å². The van der Waals surface area contributed by atoms with Crippen molar-refractivity contribution in [1.82, 2.24) is 0 Å². The van der Waals surface area contributed by atoms with E-state index < -0.39 is 0 Å². The first-order chi connectivity index (χ1) is 8.17. The zero-order chi connectivity index (χ0) is 12.7. The third-order valence-electron chi connectivity index (χ3n) is 2.02. The van der Waals surface area contributed by atoms with Gasteiger partial charge in [-0.2, -0.15) is 0 Å². The predicted octanol–water partition coefficient (Wildman–Crippen LogP) is 1.33. The average Bonchev–Trinajstić information content (AvgIpc) is 2.81. The lowest BCUT2D eigenvalue weighted by molar-refractivity contribution is 0.355. The van der Waals surface area contributed by atoms with Crippen LogP contribution in [0.2, 0.25) is 0 Å². The first-order valence-corrected chi connectivity index (χ1v) is 6.06. The van der Waals surface area contributed by atoms with Gasteiger partial charge < -0.3 is 20.9 Å². The minimum absolute atomic E-state index is 0.660. The first-order valence-electron chi connectivity index (χ1n) is 5.07. The Labute approximate surface area is 105 Å². The number of thioether (sulfide) groups is 1. The molecule has 0 aliphatic carbocycles. The Hall–Kier alpha value is -1.56. The molecule has 0 fully saturated rings. The molecule has 94 valence electrons. The Morgan fingerprint density at radius 2 is 1.88 bits per heavy atom. The molecule has 1 aromatic rings. The molecule has 1 aromatic carbocycles. The van der Waals surface area contributed by atoms with E-state index in [1.165, 1.54) is 0 Å². The second-order valence-electron chi connectivity index (χ2n) is 3.18. The van der Waals surface area contributed by atoms with E-state index in [0.29, 0.717) is 17.2 Å². The quantitative estimate of drug-likeness (QED) is 0.779. The summed E-state index contributed by atoms with van der Waals surface area (Å²) in [5.74, 6) is 2.43. The normalized spacial score (nSPS) is 13.4. The smallest absolute Gasteiger partial charge is 0.162 e. The van der Waals surface area contributed by atoms with Crippen molar-refractivity contribution in [2.24, 2.45) is 10.7 Å². The van der Waals surface area contributed by atoms with Crippen molar-refractivity contribution < 1.29 is 9.47 Å². The molecule has 0 bridgehead atoms. The van der Waals surface area contributed by atoms with Crippen LogP contribution in [0.3, 0.4) is 0 Å². The molecule has 1 aliphatic rings. The van der Waals surface area contributed by atoms with Crippen LogP contribution < -0.4 is 20.9 Å². The molecule has 4 N–H and O–H groups in total. The van der Waals surface area contributed by atoms with Crippen LogP contribution in [-0.2, 0) is 0 Å². The molecule has 0 amide bonds. The molecule has 0 spiro atoms. The fourth-order valence-corrected chi connectivity index (χ4v) is 1.78. The fraction of sp³-hybridized carbons (Fsp3) is 0.364. The predicted molar refractivity (Wildman–Crippen MR) is 72.9 cm³/mol. The van der Waals surface area contributed by atoms with E-state index in [4.69, 9.17) is 20.9 Å². The van der Waals surface area contributed by atoms with Crippen LogP contribution in [0.5, 0.6) is 11.5 Å². The van der Waals surface area contributed by atoms with Crippen LogP contribution in [0.15, 0.2) is 23.2 Å². The number of hydrogen-bond acceptors (Lipinski definition) is 6. The highest BCUT2D eigenvalue weighted by atomic mass is 32.2. The van der Waals surface area contributed by atoms with Gasteiger partial charge in [-0.25, -0.2) is 0 Å². The molecule has 17 heavy (non-hydrogen) atoms. The van der Waals surface area contributed by atoms with Gasteiger partial charge in [-0.3, -0.25) is 4.99 Å². The SMILES string of the molecule is COc1ccc(N)cc1OC.NC1=NCCS1. The topological polar surface area (TPSA) is 82.9 Å². The number of nitrogens with two attached hydrogens (primary N) is 2. The minimum Gasteiger partial charge on any atom is -0.493 e. The van der Waals surface area contributed by atoms with Gasteiger partial charge in [-0.15, -0.1) is 0 Å². The molecule has 0 radical (unpaired) electrons. The maximum absolute atomic E-state index is 5.52. The van der Waals surface area contributed by atoms with E-state index in [-0.39, 0.29) is 0 Å². The number of ether oxygens (including phenoxy) is 2. The van der Waals surface area contributed by atoms with Crippen molar-refractivity contribution in [3.8, 4) is 11.5 Å². The number of amidine groups is 1. The molecule has 0 atom stereocenters. The molecule has 1 heterocycles. The number of hydrogen-bond donors (Lipinski definition) is 2. The largest absolute Gasteiger partial charge is 0.493 e. The summed E-state index contributed by atoms with van der Waals surface area (Å²) >= 11 is 1.62. The monoisotopic (exact) mass is 255 g/mol. The highest BCUT2D eigenvalue weighted by Gasteiger charge is 2.01. The molecule has 0 saturated heterocycles. The first kappa shape index (κ1) is 13.5. The molecule has 1 aliphatic heterocycles. The summed E-state index contributed by atoms with van der Waals surface area (Å²) in [4.78, 5) is 3.89. The zero-order valence-electron chi connectivity index (χ0n) is 9.97. The number of nitrogens with zero attached hydrogens (tertiary/aromatic N) is 1. The van der Waals surface area contributed by atoms with E-state index in [9.17, 15) is 0 Å². The van der Waals surface area contributed by atoms with Crippen LogP contribution in [0.1, 0.15) is 0 Å². The van der Waals surface area contributed by atoms with Crippen molar-refractivity contribution in [1.29, 1.82) is 0 Å². The maximum Gasteiger partial charge on any atom is 0.162 e. The van der Waals surface area contributed by atoms with E-state index >= 15 is 0 Å². The van der Waals surface area contributed by atoms with Crippen LogP contribution in [0, 0.1) is 0 Å². The van der Waals surface area contributed by atoms with Crippen molar-refractivity contribution in [3.05, 3.63) is 18.2 Å². The van der Waals surface area contributed by atoms with Gasteiger partial charge in [0.05, 0.1) is 20.8 Å². The van der Waals surface area contributed by atoms with Crippen LogP contribution in [-0.4, -0.2) is 31.7 Å². The summed E-state index contributed by atoms with van der Waals surface area (Å²) in [5, 5.41) is 0.745. The number of benzene rings is 1. The van der Waals surface area contributed by atoms with Crippen molar-refractivity contribution >= 4 is 22.6 Å². The summed E-state index contributed by atoms with van der Waals surface area (Å²) in [6.45, 7) is 0.913. The Morgan fingerprint density at radius 1 is 1.18 bits per heavy atom. The Bertz CT molecular complexity index is 396. The van der Waals surface area contributed by atoms with E-state index in [0.717, 1.165) is 17.5 Å². The van der Waals surface area contributed by atoms with Gasteiger partial charge in [0.15, 0.2) is 16.7 Å². The summed E-state index contributed by atoms with van der Waals surface area (Å²) in [5.41, 5.74) is 11.4. The van der Waals surface area contributed by atoms with Gasteiger partial charge in [0.2, 0.25) is 0 Å². The molecule has 5 nitrogen and oxygen atoms in total. The lowest BCUT2D eigenvalue weighted by Gasteiger charge is -2.06. The van der Waals surface area contributed by atoms with E-state index in [2.05, 4.69) is 4.99 Å². The van der Waals surface area contributed by atoms with E-state index in [1.54, 1.807) is 44.2 Å². The third-order valence-corrected chi connectivity index (χ3v) is 2.83. The van der Waals surface area contributed by atoms with Gasteiger partial charge in [-0.05, 0) is 12.1 Å². The number of anilines is 1. The molecule has 0 aromatic heterocycles. The van der Waals surface area contributed by atoms with Gasteiger partial charge >= 0.3 is 0 Å². The van der Waals surface area contributed by atoms with E-state index in [1.807, 2.05) is 0 Å². The number of nitrogen functional groups attached to an aromatic ring is 1. The van der Waals surface area contributed by atoms with Gasteiger partial charge in [0, 0.05) is 17.5 Å². The second kappa shape index (κ2) is 6.90. The van der Waals surface area contributed by atoms with Crippen LogP contribution in [0.25, 0.3) is 0 Å². The van der Waals surface area contributed by atoms with Gasteiger partial charge in [0.1, 0.15) is 0 Å². The minimum atomic E-state index is 0.660. The number of aliphatic imine (C=N–C) groups is 1. The molecule has 0 unspecified atom stereocenters. The summed E-state index contributed by atoms with van der Waals surface area (Å²) in [6.07, 6.45) is 0.